The Morgan fingerprint density at radius 3 is 1.80 bits per heavy atom. The van der Waals surface area contributed by atoms with Gasteiger partial charge in [-0.3, -0.25) is 4.99 Å². The van der Waals surface area contributed by atoms with Crippen LogP contribution in [-0.2, 0) is 0 Å². The molecule has 0 radical (unpaired) electrons. The van der Waals surface area contributed by atoms with Crippen LogP contribution in [0.3, 0.4) is 0 Å². The summed E-state index contributed by atoms with van der Waals surface area (Å²) in [5.74, 6) is 0. The molecule has 10 rings (SSSR count). The standard InChI is InChI=1S/C48H32N2O/c1-3-13-31(14-4-1)32-23-25-33(26-24-32)36-28-42(47-40-21-11-12-22-45(40)51-46(47)29-36)44-30-43(34-15-5-2-6-16-34)49-48(50-44)41-27-35-17-7-8-18-37(35)38-19-9-10-20-39(38)41/h1-30,48,50H. The van der Waals surface area contributed by atoms with E-state index in [0.29, 0.717) is 0 Å². The normalized spacial score (nSPS) is 14.5. The Morgan fingerprint density at radius 2 is 1.04 bits per heavy atom. The number of hydrogen-bond acceptors (Lipinski definition) is 3. The van der Waals surface area contributed by atoms with Crippen LogP contribution in [0.5, 0.6) is 0 Å². The smallest absolute Gasteiger partial charge is 0.146 e. The molecule has 0 saturated carbocycles. The van der Waals surface area contributed by atoms with Gasteiger partial charge in [0.2, 0.25) is 0 Å². The Balaban J connectivity index is 1.18. The fraction of sp³-hybridized carbons (Fsp3) is 0.0208. The van der Waals surface area contributed by atoms with Gasteiger partial charge < -0.3 is 9.73 Å². The number of furan rings is 1. The Hall–Kier alpha value is -6.71. The van der Waals surface area contributed by atoms with Crippen molar-refractivity contribution in [2.24, 2.45) is 4.99 Å². The number of benzene rings is 8. The van der Waals surface area contributed by atoms with Crippen molar-refractivity contribution >= 4 is 54.9 Å². The van der Waals surface area contributed by atoms with Crippen LogP contribution in [0.25, 0.3) is 71.4 Å². The number of nitrogens with one attached hydrogen (secondary N) is 1. The lowest BCUT2D eigenvalue weighted by Gasteiger charge is -2.27. The second kappa shape index (κ2) is 12.0. The van der Waals surface area contributed by atoms with E-state index in [1.54, 1.807) is 0 Å². The van der Waals surface area contributed by atoms with Crippen molar-refractivity contribution in [3.05, 3.63) is 199 Å². The molecule has 1 aliphatic heterocycles. The van der Waals surface area contributed by atoms with Crippen molar-refractivity contribution in [2.45, 2.75) is 6.17 Å². The van der Waals surface area contributed by atoms with Gasteiger partial charge in [0.15, 0.2) is 0 Å². The monoisotopic (exact) mass is 652 g/mol. The van der Waals surface area contributed by atoms with Gasteiger partial charge in [-0.25, -0.2) is 0 Å². The van der Waals surface area contributed by atoms with Gasteiger partial charge in [0.1, 0.15) is 17.3 Å². The van der Waals surface area contributed by atoms with Crippen LogP contribution in [0.1, 0.15) is 22.9 Å². The third-order valence-electron chi connectivity index (χ3n) is 10.1. The molecule has 2 heterocycles. The van der Waals surface area contributed by atoms with E-state index in [-0.39, 0.29) is 6.17 Å². The molecule has 0 saturated heterocycles. The molecule has 0 amide bonds. The third-order valence-corrected chi connectivity index (χ3v) is 10.1. The molecule has 1 aliphatic rings. The van der Waals surface area contributed by atoms with Crippen molar-refractivity contribution in [3.63, 3.8) is 0 Å². The van der Waals surface area contributed by atoms with E-state index in [1.165, 1.54) is 32.7 Å². The average molecular weight is 653 g/mol. The summed E-state index contributed by atoms with van der Waals surface area (Å²) in [5, 5.41) is 11.0. The van der Waals surface area contributed by atoms with Gasteiger partial charge in [-0.05, 0) is 79.7 Å². The van der Waals surface area contributed by atoms with Crippen molar-refractivity contribution in [1.82, 2.24) is 5.32 Å². The summed E-state index contributed by atoms with van der Waals surface area (Å²) < 4.78 is 6.58. The largest absolute Gasteiger partial charge is 0.456 e. The first-order valence-corrected chi connectivity index (χ1v) is 17.4. The summed E-state index contributed by atoms with van der Waals surface area (Å²) >= 11 is 0. The van der Waals surface area contributed by atoms with E-state index in [1.807, 2.05) is 6.07 Å². The molecule has 9 aromatic rings. The maximum absolute atomic E-state index is 6.58. The molecular formula is C48H32N2O. The van der Waals surface area contributed by atoms with Crippen LogP contribution in [0.2, 0.25) is 0 Å². The Kier molecular flexibility index (Phi) is 6.88. The van der Waals surface area contributed by atoms with Crippen LogP contribution >= 0.6 is 0 Å². The van der Waals surface area contributed by atoms with E-state index in [9.17, 15) is 0 Å². The summed E-state index contributed by atoms with van der Waals surface area (Å²) in [6.45, 7) is 0. The average Bonchev–Trinajstić information content (AvgIpc) is 3.59. The molecule has 1 N–H and O–H groups in total. The van der Waals surface area contributed by atoms with Gasteiger partial charge in [-0.2, -0.15) is 0 Å². The van der Waals surface area contributed by atoms with E-state index in [4.69, 9.17) is 9.41 Å². The summed E-state index contributed by atoms with van der Waals surface area (Å²) in [6.07, 6.45) is 1.88. The van der Waals surface area contributed by atoms with Gasteiger partial charge >= 0.3 is 0 Å². The van der Waals surface area contributed by atoms with E-state index < -0.39 is 0 Å². The summed E-state index contributed by atoms with van der Waals surface area (Å²) in [7, 11) is 0. The molecule has 1 unspecified atom stereocenters. The summed E-state index contributed by atoms with van der Waals surface area (Å²) in [5.41, 5.74) is 11.6. The molecule has 3 nitrogen and oxygen atoms in total. The summed E-state index contributed by atoms with van der Waals surface area (Å²) in [4.78, 5) is 5.41. The van der Waals surface area contributed by atoms with Gasteiger partial charge in [0.05, 0.1) is 5.71 Å². The molecule has 1 aromatic heterocycles. The quantitative estimate of drug-likeness (QED) is 0.188. The zero-order chi connectivity index (χ0) is 33.7. The van der Waals surface area contributed by atoms with E-state index in [0.717, 1.165) is 61.2 Å². The van der Waals surface area contributed by atoms with Gasteiger partial charge in [0.25, 0.3) is 0 Å². The second-order valence-electron chi connectivity index (χ2n) is 13.2. The van der Waals surface area contributed by atoms with Crippen molar-refractivity contribution < 1.29 is 4.42 Å². The molecule has 0 fully saturated rings. The third kappa shape index (κ3) is 5.10. The first-order valence-electron chi connectivity index (χ1n) is 17.4. The van der Waals surface area contributed by atoms with Crippen LogP contribution in [0, 0.1) is 0 Å². The second-order valence-corrected chi connectivity index (χ2v) is 13.2. The summed E-state index contributed by atoms with van der Waals surface area (Å²) in [6, 6.07) is 62.2. The number of nitrogens with zero attached hydrogens (tertiary/aromatic N) is 1. The minimum absolute atomic E-state index is 0.322. The highest BCUT2D eigenvalue weighted by Crippen LogP contribution is 2.41. The predicted octanol–water partition coefficient (Wildman–Crippen LogP) is 12.4. The molecule has 0 spiro atoms. The molecule has 51 heavy (non-hydrogen) atoms. The van der Waals surface area contributed by atoms with Crippen LogP contribution in [0.4, 0.5) is 0 Å². The highest BCUT2D eigenvalue weighted by atomic mass is 16.3. The zero-order valence-corrected chi connectivity index (χ0v) is 27.8. The van der Waals surface area contributed by atoms with Crippen molar-refractivity contribution in [3.8, 4) is 22.3 Å². The lowest BCUT2D eigenvalue weighted by molar-refractivity contribution is 0.666. The molecule has 3 heteroatoms. The topological polar surface area (TPSA) is 37.5 Å². The first kappa shape index (κ1) is 29.2. The van der Waals surface area contributed by atoms with E-state index in [2.05, 4.69) is 181 Å². The van der Waals surface area contributed by atoms with Crippen molar-refractivity contribution in [2.75, 3.05) is 0 Å². The van der Waals surface area contributed by atoms with Crippen LogP contribution < -0.4 is 5.32 Å². The molecule has 0 aliphatic carbocycles. The van der Waals surface area contributed by atoms with Crippen LogP contribution in [-0.4, -0.2) is 5.71 Å². The maximum atomic E-state index is 6.58. The SMILES string of the molecule is C1=C(c2cc(-c3ccc(-c4ccccc4)cc3)cc3oc4ccccc4c23)NC(c2cc3ccccc3c3ccccc23)N=C1c1ccccc1. The number of aliphatic imine (C=N–C) groups is 1. The lowest BCUT2D eigenvalue weighted by Crippen LogP contribution is -2.25. The van der Waals surface area contributed by atoms with Gasteiger partial charge in [-0.15, -0.1) is 0 Å². The first-order chi connectivity index (χ1) is 25.3. The number of hydrogen-bond donors (Lipinski definition) is 1. The van der Waals surface area contributed by atoms with Gasteiger partial charge in [0, 0.05) is 27.6 Å². The Morgan fingerprint density at radius 1 is 0.451 bits per heavy atom. The minimum Gasteiger partial charge on any atom is -0.456 e. The van der Waals surface area contributed by atoms with Gasteiger partial charge in [-0.1, -0.05) is 152 Å². The molecule has 8 aromatic carbocycles. The molecule has 240 valence electrons. The van der Waals surface area contributed by atoms with Crippen LogP contribution in [0.15, 0.2) is 191 Å². The van der Waals surface area contributed by atoms with Crippen molar-refractivity contribution in [1.29, 1.82) is 0 Å². The zero-order valence-electron chi connectivity index (χ0n) is 27.8. The number of fused-ring (bicyclic) bond motifs is 6. The lowest BCUT2D eigenvalue weighted by atomic mass is 9.92. The van der Waals surface area contributed by atoms with E-state index >= 15 is 0 Å². The fourth-order valence-electron chi connectivity index (χ4n) is 7.63. The maximum Gasteiger partial charge on any atom is 0.146 e. The number of para-hydroxylation sites is 1. The Labute approximate surface area is 295 Å². The molecule has 0 bridgehead atoms. The highest BCUT2D eigenvalue weighted by Gasteiger charge is 2.25. The Bertz CT molecular complexity index is 2810. The number of rotatable bonds is 5. The predicted molar refractivity (Wildman–Crippen MR) is 213 cm³/mol. The number of allylic oxidation sites excluding steroid dienone is 1. The highest BCUT2D eigenvalue weighted by molar-refractivity contribution is 6.17. The fourth-order valence-corrected chi connectivity index (χ4v) is 7.63. The minimum atomic E-state index is -0.322. The molecule has 1 atom stereocenters. The molecular weight excluding hydrogens is 621 g/mol.